The minimum atomic E-state index is -0.787. The lowest BCUT2D eigenvalue weighted by Crippen LogP contribution is -2.46. The standard InChI is InChI=1S/C30H34N2O4/c33-29(20-15-23-9-7-8-10-23)32-28(22-35-21-24-11-3-1-4-12-24)30(34)31-25-16-18-27(19-17-25)36-26-13-5-2-6-14-26/h1-6,11-14,16-19,23,28H,7-10,15,20-22H2,(H,31,34)(H,32,33). The van der Waals surface area contributed by atoms with Crippen LogP contribution in [0.4, 0.5) is 5.69 Å². The Morgan fingerprint density at radius 2 is 1.47 bits per heavy atom. The SMILES string of the molecule is O=C(CCC1CCCC1)NC(COCc1ccccc1)C(=O)Nc1ccc(Oc2ccccc2)cc1. The van der Waals surface area contributed by atoms with Crippen molar-refractivity contribution < 1.29 is 19.1 Å². The van der Waals surface area contributed by atoms with Gasteiger partial charge in [-0.3, -0.25) is 9.59 Å². The van der Waals surface area contributed by atoms with Gasteiger partial charge in [0.15, 0.2) is 0 Å². The van der Waals surface area contributed by atoms with Crippen LogP contribution in [-0.4, -0.2) is 24.5 Å². The molecule has 0 spiro atoms. The second-order valence-electron chi connectivity index (χ2n) is 9.24. The number of hydrogen-bond donors (Lipinski definition) is 2. The number of nitrogens with one attached hydrogen (secondary N) is 2. The number of benzene rings is 3. The fourth-order valence-corrected chi connectivity index (χ4v) is 4.41. The predicted octanol–water partition coefficient (Wildman–Crippen LogP) is 6.09. The Labute approximate surface area is 213 Å². The Balaban J connectivity index is 1.33. The van der Waals surface area contributed by atoms with Crippen molar-refractivity contribution in [3.63, 3.8) is 0 Å². The third-order valence-electron chi connectivity index (χ3n) is 6.40. The molecule has 1 atom stereocenters. The molecule has 0 aliphatic heterocycles. The van der Waals surface area contributed by atoms with Gasteiger partial charge in [0.25, 0.3) is 0 Å². The Morgan fingerprint density at radius 3 is 2.17 bits per heavy atom. The van der Waals surface area contributed by atoms with Crippen LogP contribution >= 0.6 is 0 Å². The number of para-hydroxylation sites is 1. The Kier molecular flexibility index (Phi) is 9.51. The van der Waals surface area contributed by atoms with Crippen molar-refractivity contribution in [3.8, 4) is 11.5 Å². The van der Waals surface area contributed by atoms with E-state index in [-0.39, 0.29) is 18.4 Å². The molecule has 2 amide bonds. The van der Waals surface area contributed by atoms with Crippen molar-refractivity contribution in [1.82, 2.24) is 5.32 Å². The first-order chi connectivity index (χ1) is 17.7. The predicted molar refractivity (Wildman–Crippen MR) is 141 cm³/mol. The Hall–Kier alpha value is -3.64. The molecule has 3 aromatic carbocycles. The first kappa shape index (κ1) is 25.5. The van der Waals surface area contributed by atoms with Crippen molar-refractivity contribution in [1.29, 1.82) is 0 Å². The van der Waals surface area contributed by atoms with Gasteiger partial charge in [0.1, 0.15) is 17.5 Å². The zero-order valence-corrected chi connectivity index (χ0v) is 20.5. The number of anilines is 1. The van der Waals surface area contributed by atoms with Crippen LogP contribution in [0, 0.1) is 5.92 Å². The van der Waals surface area contributed by atoms with Crippen LogP contribution in [0.25, 0.3) is 0 Å². The molecule has 1 aliphatic carbocycles. The third-order valence-corrected chi connectivity index (χ3v) is 6.40. The Morgan fingerprint density at radius 1 is 0.833 bits per heavy atom. The monoisotopic (exact) mass is 486 g/mol. The van der Waals surface area contributed by atoms with Gasteiger partial charge in [-0.05, 0) is 54.3 Å². The highest BCUT2D eigenvalue weighted by Gasteiger charge is 2.23. The van der Waals surface area contributed by atoms with Gasteiger partial charge in [-0.2, -0.15) is 0 Å². The summed E-state index contributed by atoms with van der Waals surface area (Å²) >= 11 is 0. The van der Waals surface area contributed by atoms with E-state index >= 15 is 0 Å². The quantitative estimate of drug-likeness (QED) is 0.325. The zero-order chi connectivity index (χ0) is 25.0. The van der Waals surface area contributed by atoms with Gasteiger partial charge in [-0.25, -0.2) is 0 Å². The molecule has 0 radical (unpaired) electrons. The van der Waals surface area contributed by atoms with Crippen LogP contribution in [0.5, 0.6) is 11.5 Å². The maximum absolute atomic E-state index is 13.1. The second-order valence-corrected chi connectivity index (χ2v) is 9.24. The minimum absolute atomic E-state index is 0.0884. The first-order valence-corrected chi connectivity index (χ1v) is 12.7. The van der Waals surface area contributed by atoms with Gasteiger partial charge in [0, 0.05) is 12.1 Å². The lowest BCUT2D eigenvalue weighted by atomic mass is 10.0. The molecule has 1 unspecified atom stereocenters. The van der Waals surface area contributed by atoms with E-state index in [9.17, 15) is 9.59 Å². The molecule has 1 aliphatic rings. The van der Waals surface area contributed by atoms with Crippen LogP contribution in [0.1, 0.15) is 44.1 Å². The molecular weight excluding hydrogens is 452 g/mol. The summed E-state index contributed by atoms with van der Waals surface area (Å²) in [5.41, 5.74) is 1.63. The average Bonchev–Trinajstić information content (AvgIpc) is 3.43. The topological polar surface area (TPSA) is 76.7 Å². The molecule has 1 fully saturated rings. The molecule has 36 heavy (non-hydrogen) atoms. The van der Waals surface area contributed by atoms with Gasteiger partial charge in [0.2, 0.25) is 11.8 Å². The van der Waals surface area contributed by atoms with E-state index in [0.29, 0.717) is 30.4 Å². The number of ether oxygens (including phenoxy) is 2. The molecule has 6 nitrogen and oxygen atoms in total. The summed E-state index contributed by atoms with van der Waals surface area (Å²) in [6, 6.07) is 25.6. The van der Waals surface area contributed by atoms with Crippen LogP contribution in [0.3, 0.4) is 0 Å². The fourth-order valence-electron chi connectivity index (χ4n) is 4.41. The number of hydrogen-bond acceptors (Lipinski definition) is 4. The summed E-state index contributed by atoms with van der Waals surface area (Å²) < 4.78 is 11.6. The second kappa shape index (κ2) is 13.4. The van der Waals surface area contributed by atoms with E-state index in [1.165, 1.54) is 25.7 Å². The summed E-state index contributed by atoms with van der Waals surface area (Å²) in [4.78, 5) is 25.7. The number of rotatable bonds is 12. The molecular formula is C30H34N2O4. The molecule has 188 valence electrons. The summed E-state index contributed by atoms with van der Waals surface area (Å²) in [5.74, 6) is 1.60. The highest BCUT2D eigenvalue weighted by molar-refractivity contribution is 5.97. The van der Waals surface area contributed by atoms with Gasteiger partial charge in [-0.15, -0.1) is 0 Å². The normalized spacial score (nSPS) is 14.2. The van der Waals surface area contributed by atoms with Crippen LogP contribution < -0.4 is 15.4 Å². The summed E-state index contributed by atoms with van der Waals surface area (Å²) in [7, 11) is 0. The molecule has 6 heteroatoms. The van der Waals surface area contributed by atoms with E-state index < -0.39 is 6.04 Å². The zero-order valence-electron chi connectivity index (χ0n) is 20.5. The van der Waals surface area contributed by atoms with E-state index in [4.69, 9.17) is 9.47 Å². The van der Waals surface area contributed by atoms with Crippen molar-refractivity contribution in [3.05, 3.63) is 90.5 Å². The maximum Gasteiger partial charge on any atom is 0.249 e. The smallest absolute Gasteiger partial charge is 0.249 e. The molecule has 1 saturated carbocycles. The molecule has 2 N–H and O–H groups in total. The lowest BCUT2D eigenvalue weighted by molar-refractivity contribution is -0.128. The van der Waals surface area contributed by atoms with E-state index in [2.05, 4.69) is 10.6 Å². The Bertz CT molecular complexity index is 1080. The number of carbonyl (C=O) groups excluding carboxylic acids is 2. The minimum Gasteiger partial charge on any atom is -0.457 e. The van der Waals surface area contributed by atoms with E-state index in [1.807, 2.05) is 60.7 Å². The molecule has 4 rings (SSSR count). The number of amides is 2. The van der Waals surface area contributed by atoms with E-state index in [0.717, 1.165) is 17.7 Å². The molecule has 0 heterocycles. The van der Waals surface area contributed by atoms with Gasteiger partial charge in [0.05, 0.1) is 13.2 Å². The maximum atomic E-state index is 13.1. The van der Waals surface area contributed by atoms with Crippen LogP contribution in [0.15, 0.2) is 84.9 Å². The van der Waals surface area contributed by atoms with Crippen molar-refractivity contribution >= 4 is 17.5 Å². The van der Waals surface area contributed by atoms with Crippen molar-refractivity contribution in [2.75, 3.05) is 11.9 Å². The largest absolute Gasteiger partial charge is 0.457 e. The highest BCUT2D eigenvalue weighted by atomic mass is 16.5. The van der Waals surface area contributed by atoms with Crippen LogP contribution in [-0.2, 0) is 20.9 Å². The highest BCUT2D eigenvalue weighted by Crippen LogP contribution is 2.28. The van der Waals surface area contributed by atoms with Crippen molar-refractivity contribution in [2.24, 2.45) is 5.92 Å². The van der Waals surface area contributed by atoms with E-state index in [1.54, 1.807) is 24.3 Å². The van der Waals surface area contributed by atoms with Gasteiger partial charge < -0.3 is 20.1 Å². The molecule has 0 aromatic heterocycles. The van der Waals surface area contributed by atoms with Gasteiger partial charge in [-0.1, -0.05) is 74.2 Å². The van der Waals surface area contributed by atoms with Gasteiger partial charge >= 0.3 is 0 Å². The fraction of sp³-hybridized carbons (Fsp3) is 0.333. The average molecular weight is 487 g/mol. The lowest BCUT2D eigenvalue weighted by Gasteiger charge is -2.19. The summed E-state index contributed by atoms with van der Waals surface area (Å²) in [6.45, 7) is 0.458. The first-order valence-electron chi connectivity index (χ1n) is 12.7. The molecule has 0 bridgehead atoms. The number of carbonyl (C=O) groups is 2. The van der Waals surface area contributed by atoms with Crippen LogP contribution in [0.2, 0.25) is 0 Å². The van der Waals surface area contributed by atoms with Crippen molar-refractivity contribution in [2.45, 2.75) is 51.2 Å². The third kappa shape index (κ3) is 8.24. The summed E-state index contributed by atoms with van der Waals surface area (Å²) in [5, 5.41) is 5.79. The molecule has 0 saturated heterocycles. The summed E-state index contributed by atoms with van der Waals surface area (Å²) in [6.07, 6.45) is 6.19. The molecule has 3 aromatic rings.